The standard InChI is InChI=1S/C12H16N4O3/c1-8-4-9(19-16-8)5-13-6-10-11(17-2)14-7-15-12(10)18-3/h4,7,13H,5-6H2,1-3H3. The van der Waals surface area contributed by atoms with E-state index in [1.54, 1.807) is 14.2 Å². The minimum absolute atomic E-state index is 0.494. The molecule has 0 spiro atoms. The van der Waals surface area contributed by atoms with Gasteiger partial charge in [-0.15, -0.1) is 0 Å². The molecule has 7 nitrogen and oxygen atoms in total. The second-order valence-corrected chi connectivity index (χ2v) is 3.91. The summed E-state index contributed by atoms with van der Waals surface area (Å²) in [5, 5.41) is 7.03. The second kappa shape index (κ2) is 6.14. The van der Waals surface area contributed by atoms with Crippen molar-refractivity contribution in [1.29, 1.82) is 0 Å². The monoisotopic (exact) mass is 264 g/mol. The van der Waals surface area contributed by atoms with Crippen LogP contribution in [0.2, 0.25) is 0 Å². The van der Waals surface area contributed by atoms with Crippen molar-refractivity contribution in [2.45, 2.75) is 20.0 Å². The summed E-state index contributed by atoms with van der Waals surface area (Å²) in [7, 11) is 3.12. The number of hydrogen-bond acceptors (Lipinski definition) is 7. The zero-order valence-corrected chi connectivity index (χ0v) is 11.1. The van der Waals surface area contributed by atoms with Gasteiger partial charge in [0.05, 0.1) is 32.0 Å². The molecule has 0 saturated carbocycles. The lowest BCUT2D eigenvalue weighted by Gasteiger charge is -2.10. The summed E-state index contributed by atoms with van der Waals surface area (Å²) >= 11 is 0. The molecule has 2 rings (SSSR count). The zero-order chi connectivity index (χ0) is 13.7. The van der Waals surface area contributed by atoms with E-state index < -0.39 is 0 Å². The van der Waals surface area contributed by atoms with Crippen LogP contribution < -0.4 is 14.8 Å². The lowest BCUT2D eigenvalue weighted by Crippen LogP contribution is -2.15. The second-order valence-electron chi connectivity index (χ2n) is 3.91. The van der Waals surface area contributed by atoms with Crippen LogP contribution in [0.3, 0.4) is 0 Å². The molecular formula is C12H16N4O3. The Morgan fingerprint density at radius 2 is 1.84 bits per heavy atom. The topological polar surface area (TPSA) is 82.3 Å². The highest BCUT2D eigenvalue weighted by molar-refractivity contribution is 5.34. The Hall–Kier alpha value is -2.15. The van der Waals surface area contributed by atoms with Gasteiger partial charge < -0.3 is 19.3 Å². The van der Waals surface area contributed by atoms with Crippen molar-refractivity contribution in [2.75, 3.05) is 14.2 Å². The van der Waals surface area contributed by atoms with Crippen molar-refractivity contribution < 1.29 is 14.0 Å². The van der Waals surface area contributed by atoms with Crippen LogP contribution in [0, 0.1) is 6.92 Å². The largest absolute Gasteiger partial charge is 0.481 e. The Balaban J connectivity index is 2.02. The molecular weight excluding hydrogens is 248 g/mol. The van der Waals surface area contributed by atoms with Crippen LogP contribution in [-0.2, 0) is 13.1 Å². The summed E-state index contributed by atoms with van der Waals surface area (Å²) in [5.74, 6) is 1.76. The number of nitrogens with one attached hydrogen (secondary N) is 1. The third-order valence-corrected chi connectivity index (χ3v) is 2.53. The van der Waals surface area contributed by atoms with Gasteiger partial charge in [-0.1, -0.05) is 5.16 Å². The quantitative estimate of drug-likeness (QED) is 0.835. The van der Waals surface area contributed by atoms with Crippen molar-refractivity contribution in [3.8, 4) is 11.8 Å². The number of hydrogen-bond donors (Lipinski definition) is 1. The van der Waals surface area contributed by atoms with Crippen LogP contribution in [-0.4, -0.2) is 29.3 Å². The van der Waals surface area contributed by atoms with E-state index in [1.807, 2.05) is 13.0 Å². The first-order chi connectivity index (χ1) is 9.24. The molecule has 1 N–H and O–H groups in total. The van der Waals surface area contributed by atoms with Crippen LogP contribution in [0.1, 0.15) is 17.0 Å². The highest BCUT2D eigenvalue weighted by Crippen LogP contribution is 2.22. The molecule has 0 unspecified atom stereocenters. The van der Waals surface area contributed by atoms with Crippen molar-refractivity contribution in [2.24, 2.45) is 0 Å². The van der Waals surface area contributed by atoms with E-state index in [2.05, 4.69) is 20.4 Å². The van der Waals surface area contributed by atoms with Gasteiger partial charge in [-0.3, -0.25) is 0 Å². The van der Waals surface area contributed by atoms with Gasteiger partial charge in [0.1, 0.15) is 6.33 Å². The van der Waals surface area contributed by atoms with E-state index in [4.69, 9.17) is 14.0 Å². The molecule has 0 fully saturated rings. The molecule has 0 atom stereocenters. The third kappa shape index (κ3) is 3.19. The van der Waals surface area contributed by atoms with Crippen LogP contribution in [0.4, 0.5) is 0 Å². The van der Waals surface area contributed by atoms with Gasteiger partial charge in [-0.25, -0.2) is 9.97 Å². The van der Waals surface area contributed by atoms with Gasteiger partial charge in [-0.05, 0) is 6.92 Å². The van der Waals surface area contributed by atoms with Gasteiger partial charge in [0.15, 0.2) is 5.76 Å². The number of methoxy groups -OCH3 is 2. The molecule has 7 heteroatoms. The van der Waals surface area contributed by atoms with Crippen molar-refractivity contribution in [3.63, 3.8) is 0 Å². The van der Waals surface area contributed by atoms with Crippen LogP contribution in [0.5, 0.6) is 11.8 Å². The Bertz CT molecular complexity index is 519. The maximum absolute atomic E-state index is 5.19. The van der Waals surface area contributed by atoms with Gasteiger partial charge in [0, 0.05) is 12.6 Å². The Morgan fingerprint density at radius 3 is 2.37 bits per heavy atom. The molecule has 19 heavy (non-hydrogen) atoms. The number of nitrogens with zero attached hydrogens (tertiary/aromatic N) is 3. The number of ether oxygens (including phenoxy) is 2. The van der Waals surface area contributed by atoms with E-state index in [1.165, 1.54) is 6.33 Å². The van der Waals surface area contributed by atoms with E-state index >= 15 is 0 Å². The Labute approximate surface area is 110 Å². The summed E-state index contributed by atoms with van der Waals surface area (Å²) in [6, 6.07) is 1.88. The molecule has 0 amide bonds. The molecule has 0 radical (unpaired) electrons. The summed E-state index contributed by atoms with van der Waals surface area (Å²) in [4.78, 5) is 8.09. The van der Waals surface area contributed by atoms with Crippen molar-refractivity contribution >= 4 is 0 Å². The maximum atomic E-state index is 5.19. The zero-order valence-electron chi connectivity index (χ0n) is 11.1. The third-order valence-electron chi connectivity index (χ3n) is 2.53. The van der Waals surface area contributed by atoms with Crippen LogP contribution in [0.15, 0.2) is 16.9 Å². The molecule has 0 aliphatic carbocycles. The molecule has 0 bridgehead atoms. The average Bonchev–Trinajstić information content (AvgIpc) is 2.84. The Kier molecular flexibility index (Phi) is 4.30. The minimum Gasteiger partial charge on any atom is -0.481 e. The van der Waals surface area contributed by atoms with E-state index in [-0.39, 0.29) is 0 Å². The molecule has 0 aromatic carbocycles. The predicted molar refractivity (Wildman–Crippen MR) is 66.9 cm³/mol. The first-order valence-electron chi connectivity index (χ1n) is 5.79. The molecule has 2 aromatic rings. The molecule has 102 valence electrons. The predicted octanol–water partition coefficient (Wildman–Crippen LogP) is 1.08. The van der Waals surface area contributed by atoms with Crippen molar-refractivity contribution in [1.82, 2.24) is 20.4 Å². The van der Waals surface area contributed by atoms with Gasteiger partial charge in [-0.2, -0.15) is 0 Å². The highest BCUT2D eigenvalue weighted by Gasteiger charge is 2.12. The van der Waals surface area contributed by atoms with Gasteiger partial charge in [0.25, 0.3) is 0 Å². The number of aryl methyl sites for hydroxylation is 1. The van der Waals surface area contributed by atoms with Gasteiger partial charge in [0.2, 0.25) is 11.8 Å². The molecule has 2 aromatic heterocycles. The lowest BCUT2D eigenvalue weighted by atomic mass is 10.3. The fraction of sp³-hybridized carbons (Fsp3) is 0.417. The SMILES string of the molecule is COc1ncnc(OC)c1CNCc1cc(C)no1. The average molecular weight is 264 g/mol. The fourth-order valence-electron chi connectivity index (χ4n) is 1.69. The number of rotatable bonds is 6. The summed E-state index contributed by atoms with van der Waals surface area (Å²) < 4.78 is 15.5. The summed E-state index contributed by atoms with van der Waals surface area (Å²) in [5.41, 5.74) is 1.62. The molecule has 0 aliphatic rings. The minimum atomic E-state index is 0.494. The fourth-order valence-corrected chi connectivity index (χ4v) is 1.69. The lowest BCUT2D eigenvalue weighted by molar-refractivity contribution is 0.352. The maximum Gasteiger partial charge on any atom is 0.224 e. The van der Waals surface area contributed by atoms with E-state index in [9.17, 15) is 0 Å². The summed E-state index contributed by atoms with van der Waals surface area (Å²) in [6.45, 7) is 2.94. The smallest absolute Gasteiger partial charge is 0.224 e. The van der Waals surface area contributed by atoms with Crippen LogP contribution >= 0.6 is 0 Å². The van der Waals surface area contributed by atoms with Crippen molar-refractivity contribution in [3.05, 3.63) is 29.4 Å². The summed E-state index contributed by atoms with van der Waals surface area (Å²) in [6.07, 6.45) is 1.40. The highest BCUT2D eigenvalue weighted by atomic mass is 16.5. The number of aromatic nitrogens is 3. The first kappa shape index (κ1) is 13.3. The first-order valence-corrected chi connectivity index (χ1v) is 5.79. The van der Waals surface area contributed by atoms with Crippen LogP contribution in [0.25, 0.3) is 0 Å². The molecule has 0 aliphatic heterocycles. The van der Waals surface area contributed by atoms with E-state index in [0.29, 0.717) is 24.8 Å². The molecule has 2 heterocycles. The van der Waals surface area contributed by atoms with E-state index in [0.717, 1.165) is 17.0 Å². The Morgan fingerprint density at radius 1 is 1.16 bits per heavy atom. The normalized spacial score (nSPS) is 10.5. The van der Waals surface area contributed by atoms with Gasteiger partial charge >= 0.3 is 0 Å². The molecule has 0 saturated heterocycles.